The number of hydrogen-bond donors (Lipinski definition) is 1. The van der Waals surface area contributed by atoms with E-state index in [0.29, 0.717) is 6.54 Å². The predicted molar refractivity (Wildman–Crippen MR) is 126 cm³/mol. The molecule has 1 N–H and O–H groups in total. The van der Waals surface area contributed by atoms with Crippen LogP contribution in [0, 0.1) is 0 Å². The number of benzene rings is 1. The van der Waals surface area contributed by atoms with Crippen molar-refractivity contribution in [2.24, 2.45) is 0 Å². The predicted octanol–water partition coefficient (Wildman–Crippen LogP) is 6.97. The standard InChI is InChI=1S/C26H29NOS/c1-5-8-21(12-9-18(4)6-2)24-17-23-22(15-16-27-26(28)25(23)29-24)20-13-10-19(7-3)11-14-20/h5,7-14,17,22H,3,6,15-16H2,1-2,4H3,(H,27,28). The van der Waals surface area contributed by atoms with E-state index in [2.05, 4.69) is 80.4 Å². The van der Waals surface area contributed by atoms with Crippen molar-refractivity contribution >= 4 is 28.9 Å². The third-order valence-electron chi connectivity index (χ3n) is 5.37. The second kappa shape index (κ2) is 9.71. The average Bonchev–Trinajstić information content (AvgIpc) is 3.12. The summed E-state index contributed by atoms with van der Waals surface area (Å²) in [5.41, 5.74) is 5.98. The van der Waals surface area contributed by atoms with Gasteiger partial charge in [-0.1, -0.05) is 73.7 Å². The van der Waals surface area contributed by atoms with Crippen molar-refractivity contribution in [1.82, 2.24) is 5.32 Å². The smallest absolute Gasteiger partial charge is 0.261 e. The van der Waals surface area contributed by atoms with Crippen LogP contribution in [0.1, 0.15) is 70.8 Å². The Morgan fingerprint density at radius 3 is 2.69 bits per heavy atom. The molecule has 1 aliphatic rings. The normalized spacial score (nSPS) is 17.8. The van der Waals surface area contributed by atoms with E-state index in [1.54, 1.807) is 11.3 Å². The maximum absolute atomic E-state index is 12.7. The zero-order chi connectivity index (χ0) is 20.8. The SMILES string of the molecule is C=Cc1ccc(C2CCNC(=O)c3sc(C(C=CC)=CC=C(C)CC)cc32)cc1. The van der Waals surface area contributed by atoms with Crippen LogP contribution in [0.25, 0.3) is 11.6 Å². The molecule has 150 valence electrons. The first-order valence-electron chi connectivity index (χ1n) is 10.2. The Morgan fingerprint density at radius 1 is 1.28 bits per heavy atom. The average molecular weight is 404 g/mol. The molecular weight excluding hydrogens is 374 g/mol. The molecule has 1 atom stereocenters. The molecule has 0 bridgehead atoms. The number of amides is 1. The molecule has 1 unspecified atom stereocenters. The van der Waals surface area contributed by atoms with Crippen molar-refractivity contribution in [3.63, 3.8) is 0 Å². The van der Waals surface area contributed by atoms with Crippen LogP contribution in [0.5, 0.6) is 0 Å². The first kappa shape index (κ1) is 21.1. The molecule has 0 fully saturated rings. The highest BCUT2D eigenvalue weighted by atomic mass is 32.1. The van der Waals surface area contributed by atoms with Gasteiger partial charge in [0.05, 0.1) is 4.88 Å². The van der Waals surface area contributed by atoms with Gasteiger partial charge in [-0.15, -0.1) is 11.3 Å². The Kier molecular flexibility index (Phi) is 7.05. The molecule has 2 aromatic rings. The molecule has 3 rings (SSSR count). The third-order valence-corrected chi connectivity index (χ3v) is 6.57. The topological polar surface area (TPSA) is 29.1 Å². The maximum Gasteiger partial charge on any atom is 0.261 e. The van der Waals surface area contributed by atoms with Crippen molar-refractivity contribution in [2.45, 2.75) is 39.5 Å². The quantitative estimate of drug-likeness (QED) is 0.518. The number of allylic oxidation sites excluding steroid dienone is 6. The first-order chi connectivity index (χ1) is 14.1. The van der Waals surface area contributed by atoms with Crippen LogP contribution in [0.4, 0.5) is 0 Å². The molecule has 1 aromatic carbocycles. The Hall–Kier alpha value is -2.65. The molecule has 0 radical (unpaired) electrons. The zero-order valence-corrected chi connectivity index (χ0v) is 18.3. The summed E-state index contributed by atoms with van der Waals surface area (Å²) in [5.74, 6) is 0.258. The monoisotopic (exact) mass is 403 g/mol. The number of thiophene rings is 1. The fraction of sp³-hybridized carbons (Fsp3) is 0.269. The van der Waals surface area contributed by atoms with Crippen LogP contribution in [-0.4, -0.2) is 12.5 Å². The minimum absolute atomic E-state index is 0.0431. The number of hydrogen-bond acceptors (Lipinski definition) is 2. The van der Waals surface area contributed by atoms with Crippen LogP contribution >= 0.6 is 11.3 Å². The number of fused-ring (bicyclic) bond motifs is 1. The highest BCUT2D eigenvalue weighted by Gasteiger charge is 2.27. The third kappa shape index (κ3) is 4.86. The molecule has 2 heterocycles. The zero-order valence-electron chi connectivity index (χ0n) is 17.5. The van der Waals surface area contributed by atoms with Gasteiger partial charge in [-0.3, -0.25) is 4.79 Å². The van der Waals surface area contributed by atoms with Gasteiger partial charge in [-0.2, -0.15) is 0 Å². The minimum Gasteiger partial charge on any atom is -0.351 e. The fourth-order valence-electron chi connectivity index (χ4n) is 3.51. The molecule has 3 heteroatoms. The van der Waals surface area contributed by atoms with Crippen LogP contribution in [0.3, 0.4) is 0 Å². The lowest BCUT2D eigenvalue weighted by atomic mass is 9.88. The van der Waals surface area contributed by atoms with Crippen LogP contribution in [0.15, 0.2) is 66.8 Å². The Labute approximate surface area is 178 Å². The van der Waals surface area contributed by atoms with Gasteiger partial charge in [-0.05, 0) is 55.0 Å². The number of nitrogens with one attached hydrogen (secondary N) is 1. The van der Waals surface area contributed by atoms with E-state index in [-0.39, 0.29) is 11.8 Å². The highest BCUT2D eigenvalue weighted by molar-refractivity contribution is 7.15. The molecule has 0 saturated heterocycles. The lowest BCUT2D eigenvalue weighted by Crippen LogP contribution is -2.21. The fourth-order valence-corrected chi connectivity index (χ4v) is 4.65. The summed E-state index contributed by atoms with van der Waals surface area (Å²) >= 11 is 1.59. The molecule has 29 heavy (non-hydrogen) atoms. The molecule has 1 aromatic heterocycles. The van der Waals surface area contributed by atoms with Crippen molar-refractivity contribution in [3.05, 3.63) is 93.2 Å². The van der Waals surface area contributed by atoms with Gasteiger partial charge in [-0.25, -0.2) is 0 Å². The number of carbonyl (C=O) groups excluding carboxylic acids is 1. The second-order valence-electron chi connectivity index (χ2n) is 7.35. The Balaban J connectivity index is 2.07. The van der Waals surface area contributed by atoms with Crippen LogP contribution < -0.4 is 5.32 Å². The summed E-state index contributed by atoms with van der Waals surface area (Å²) in [6.45, 7) is 10.9. The summed E-state index contributed by atoms with van der Waals surface area (Å²) < 4.78 is 0. The molecular formula is C26H29NOS. The molecule has 1 aliphatic heterocycles. The van der Waals surface area contributed by atoms with Crippen LogP contribution in [0.2, 0.25) is 0 Å². The van der Waals surface area contributed by atoms with Gasteiger partial charge >= 0.3 is 0 Å². The number of rotatable bonds is 6. The van der Waals surface area contributed by atoms with Gasteiger partial charge in [0.1, 0.15) is 0 Å². The summed E-state index contributed by atoms with van der Waals surface area (Å²) in [7, 11) is 0. The largest absolute Gasteiger partial charge is 0.351 e. The summed E-state index contributed by atoms with van der Waals surface area (Å²) in [6, 6.07) is 10.7. The van der Waals surface area contributed by atoms with E-state index in [4.69, 9.17) is 0 Å². The van der Waals surface area contributed by atoms with Gasteiger partial charge in [0, 0.05) is 17.3 Å². The number of carbonyl (C=O) groups is 1. The van der Waals surface area contributed by atoms with E-state index in [9.17, 15) is 4.79 Å². The van der Waals surface area contributed by atoms with Crippen molar-refractivity contribution < 1.29 is 4.79 Å². The summed E-state index contributed by atoms with van der Waals surface area (Å²) in [6.07, 6.45) is 12.3. The lowest BCUT2D eigenvalue weighted by Gasteiger charge is -2.15. The second-order valence-corrected chi connectivity index (χ2v) is 8.40. The lowest BCUT2D eigenvalue weighted by molar-refractivity contribution is 0.0960. The molecule has 0 spiro atoms. The van der Waals surface area contributed by atoms with E-state index >= 15 is 0 Å². The van der Waals surface area contributed by atoms with Gasteiger partial charge in [0.15, 0.2) is 0 Å². The summed E-state index contributed by atoms with van der Waals surface area (Å²) in [4.78, 5) is 14.7. The van der Waals surface area contributed by atoms with E-state index in [1.165, 1.54) is 11.1 Å². The Bertz CT molecular complexity index is 973. The van der Waals surface area contributed by atoms with Crippen molar-refractivity contribution in [1.29, 1.82) is 0 Å². The molecule has 2 nitrogen and oxygen atoms in total. The van der Waals surface area contributed by atoms with E-state index < -0.39 is 0 Å². The van der Waals surface area contributed by atoms with Gasteiger partial charge in [0.25, 0.3) is 5.91 Å². The van der Waals surface area contributed by atoms with E-state index in [0.717, 1.165) is 39.3 Å². The highest BCUT2D eigenvalue weighted by Crippen LogP contribution is 2.39. The van der Waals surface area contributed by atoms with E-state index in [1.807, 2.05) is 13.0 Å². The first-order valence-corrected chi connectivity index (χ1v) is 11.0. The summed E-state index contributed by atoms with van der Waals surface area (Å²) in [5, 5.41) is 3.07. The van der Waals surface area contributed by atoms with Crippen molar-refractivity contribution in [2.75, 3.05) is 6.54 Å². The molecule has 1 amide bonds. The Morgan fingerprint density at radius 2 is 2.03 bits per heavy atom. The van der Waals surface area contributed by atoms with Crippen LogP contribution in [-0.2, 0) is 0 Å². The van der Waals surface area contributed by atoms with Gasteiger partial charge < -0.3 is 5.32 Å². The molecule has 0 aliphatic carbocycles. The minimum atomic E-state index is 0.0431. The maximum atomic E-state index is 12.7. The van der Waals surface area contributed by atoms with Gasteiger partial charge in [0.2, 0.25) is 0 Å². The van der Waals surface area contributed by atoms with Crippen molar-refractivity contribution in [3.8, 4) is 0 Å². The molecule has 0 saturated carbocycles.